The average Bonchev–Trinajstić information content (AvgIpc) is 2.80. The number of hydrogen-bond acceptors (Lipinski definition) is 5. The molecule has 84 valence electrons. The molecule has 0 saturated carbocycles. The number of aryl methyl sites for hydroxylation is 2. The van der Waals surface area contributed by atoms with Crippen LogP contribution in [0.4, 0.5) is 5.82 Å². The molecule has 2 rings (SSSR count). The molecule has 0 amide bonds. The Morgan fingerprint density at radius 1 is 1.56 bits per heavy atom. The highest BCUT2D eigenvalue weighted by Gasteiger charge is 2.13. The quantitative estimate of drug-likeness (QED) is 0.579. The van der Waals surface area contributed by atoms with Gasteiger partial charge in [-0.15, -0.1) is 0 Å². The maximum atomic E-state index is 10.4. The van der Waals surface area contributed by atoms with Gasteiger partial charge in [0.15, 0.2) is 0 Å². The van der Waals surface area contributed by atoms with Crippen molar-refractivity contribution >= 4 is 5.82 Å². The molecule has 7 nitrogen and oxygen atoms in total. The third-order valence-corrected chi connectivity index (χ3v) is 2.33. The molecule has 0 aliphatic rings. The van der Waals surface area contributed by atoms with E-state index in [-0.39, 0.29) is 5.82 Å². The standard InChI is InChI=1S/C9H10N4O3/c1-6-8(7(2)16-11-6)3-12-4-9(10-5-12)13(14)15/h4-5H,3H2,1-2H3. The maximum Gasteiger partial charge on any atom is 0.381 e. The largest absolute Gasteiger partial charge is 0.381 e. The normalized spacial score (nSPS) is 10.6. The van der Waals surface area contributed by atoms with Crippen molar-refractivity contribution in [3.8, 4) is 0 Å². The molecular weight excluding hydrogens is 212 g/mol. The van der Waals surface area contributed by atoms with Crippen LogP contribution in [-0.4, -0.2) is 19.6 Å². The van der Waals surface area contributed by atoms with Crippen LogP contribution in [0, 0.1) is 24.0 Å². The maximum absolute atomic E-state index is 10.4. The second-order valence-electron chi connectivity index (χ2n) is 3.46. The monoisotopic (exact) mass is 222 g/mol. The first kappa shape index (κ1) is 10.3. The Kier molecular flexibility index (Phi) is 2.43. The summed E-state index contributed by atoms with van der Waals surface area (Å²) in [5, 5.41) is 14.3. The van der Waals surface area contributed by atoms with Crippen LogP contribution < -0.4 is 0 Å². The summed E-state index contributed by atoms with van der Waals surface area (Å²) in [4.78, 5) is 13.6. The van der Waals surface area contributed by atoms with Crippen molar-refractivity contribution in [2.45, 2.75) is 20.4 Å². The van der Waals surface area contributed by atoms with Gasteiger partial charge in [0, 0.05) is 5.56 Å². The molecule has 0 spiro atoms. The highest BCUT2D eigenvalue weighted by molar-refractivity contribution is 5.22. The first-order chi connectivity index (χ1) is 7.58. The first-order valence-electron chi connectivity index (χ1n) is 4.66. The van der Waals surface area contributed by atoms with Crippen molar-refractivity contribution in [1.82, 2.24) is 14.7 Å². The van der Waals surface area contributed by atoms with Crippen molar-refractivity contribution in [2.75, 3.05) is 0 Å². The molecule has 0 aliphatic heterocycles. The van der Waals surface area contributed by atoms with Crippen LogP contribution in [0.15, 0.2) is 17.0 Å². The minimum absolute atomic E-state index is 0.160. The fraction of sp³-hybridized carbons (Fsp3) is 0.333. The van der Waals surface area contributed by atoms with Gasteiger partial charge in [-0.1, -0.05) is 5.16 Å². The first-order valence-corrected chi connectivity index (χ1v) is 4.66. The van der Waals surface area contributed by atoms with Gasteiger partial charge in [-0.05, 0) is 23.8 Å². The van der Waals surface area contributed by atoms with E-state index in [9.17, 15) is 10.1 Å². The molecule has 2 heterocycles. The van der Waals surface area contributed by atoms with E-state index in [0.29, 0.717) is 12.3 Å². The minimum atomic E-state index is -0.524. The second kappa shape index (κ2) is 3.76. The molecule has 0 radical (unpaired) electrons. The Balaban J connectivity index is 2.24. The fourth-order valence-electron chi connectivity index (χ4n) is 1.44. The van der Waals surface area contributed by atoms with Gasteiger partial charge >= 0.3 is 5.82 Å². The molecule has 0 N–H and O–H groups in total. The van der Waals surface area contributed by atoms with Gasteiger partial charge in [0.25, 0.3) is 0 Å². The van der Waals surface area contributed by atoms with E-state index in [0.717, 1.165) is 11.3 Å². The van der Waals surface area contributed by atoms with Crippen molar-refractivity contribution in [2.24, 2.45) is 0 Å². The van der Waals surface area contributed by atoms with Crippen LogP contribution in [0.25, 0.3) is 0 Å². The lowest BCUT2D eigenvalue weighted by Gasteiger charge is -1.98. The van der Waals surface area contributed by atoms with Crippen molar-refractivity contribution in [3.63, 3.8) is 0 Å². The smallest absolute Gasteiger partial charge is 0.361 e. The van der Waals surface area contributed by atoms with Crippen LogP contribution in [-0.2, 0) is 6.54 Å². The van der Waals surface area contributed by atoms with Crippen LogP contribution >= 0.6 is 0 Å². The van der Waals surface area contributed by atoms with E-state index in [1.54, 1.807) is 11.5 Å². The average molecular weight is 222 g/mol. The molecule has 0 unspecified atom stereocenters. The molecule has 0 fully saturated rings. The van der Waals surface area contributed by atoms with E-state index >= 15 is 0 Å². The van der Waals surface area contributed by atoms with Gasteiger partial charge in [-0.25, -0.2) is 0 Å². The highest BCUT2D eigenvalue weighted by atomic mass is 16.6. The number of hydrogen-bond donors (Lipinski definition) is 0. The van der Waals surface area contributed by atoms with Gasteiger partial charge in [0.1, 0.15) is 12.0 Å². The summed E-state index contributed by atoms with van der Waals surface area (Å²) >= 11 is 0. The zero-order valence-electron chi connectivity index (χ0n) is 8.88. The highest BCUT2D eigenvalue weighted by Crippen LogP contribution is 2.15. The third-order valence-electron chi connectivity index (χ3n) is 2.33. The summed E-state index contributed by atoms with van der Waals surface area (Å²) in [6.45, 7) is 4.11. The number of imidazole rings is 1. The molecule has 0 bridgehead atoms. The van der Waals surface area contributed by atoms with Gasteiger partial charge in [0.2, 0.25) is 6.33 Å². The summed E-state index contributed by atoms with van der Waals surface area (Å²) in [6, 6.07) is 0. The van der Waals surface area contributed by atoms with E-state index in [2.05, 4.69) is 10.1 Å². The summed E-state index contributed by atoms with van der Waals surface area (Å²) in [7, 11) is 0. The molecule has 0 atom stereocenters. The van der Waals surface area contributed by atoms with E-state index in [1.807, 2.05) is 6.92 Å². The Bertz CT molecular complexity index is 509. The Hall–Kier alpha value is -2.18. The predicted molar refractivity (Wildman–Crippen MR) is 54.0 cm³/mol. The van der Waals surface area contributed by atoms with Crippen molar-refractivity contribution in [3.05, 3.63) is 39.7 Å². The van der Waals surface area contributed by atoms with Crippen LogP contribution in [0.5, 0.6) is 0 Å². The zero-order chi connectivity index (χ0) is 11.7. The lowest BCUT2D eigenvalue weighted by molar-refractivity contribution is -0.389. The van der Waals surface area contributed by atoms with Crippen molar-refractivity contribution in [1.29, 1.82) is 0 Å². The Morgan fingerprint density at radius 2 is 2.31 bits per heavy atom. The lowest BCUT2D eigenvalue weighted by Crippen LogP contribution is -1.98. The SMILES string of the molecule is Cc1noc(C)c1Cn1cnc([N+](=O)[O-])c1. The van der Waals surface area contributed by atoms with Crippen LogP contribution in [0.2, 0.25) is 0 Å². The topological polar surface area (TPSA) is 87.0 Å². The Labute approximate surface area is 90.8 Å². The van der Waals surface area contributed by atoms with E-state index < -0.39 is 4.92 Å². The number of rotatable bonds is 3. The Morgan fingerprint density at radius 3 is 2.81 bits per heavy atom. The summed E-state index contributed by atoms with van der Waals surface area (Å²) < 4.78 is 6.63. The van der Waals surface area contributed by atoms with Gasteiger partial charge in [0.05, 0.1) is 12.2 Å². The van der Waals surface area contributed by atoms with E-state index in [4.69, 9.17) is 4.52 Å². The molecule has 0 aromatic carbocycles. The van der Waals surface area contributed by atoms with Crippen LogP contribution in [0.3, 0.4) is 0 Å². The third kappa shape index (κ3) is 1.79. The molecule has 7 heteroatoms. The molecule has 16 heavy (non-hydrogen) atoms. The van der Waals surface area contributed by atoms with E-state index in [1.165, 1.54) is 12.5 Å². The van der Waals surface area contributed by atoms with Gasteiger partial charge in [-0.2, -0.15) is 0 Å². The summed E-state index contributed by atoms with van der Waals surface area (Å²) in [6.07, 6.45) is 2.80. The number of aromatic nitrogens is 3. The molecule has 2 aromatic rings. The second-order valence-corrected chi connectivity index (χ2v) is 3.46. The zero-order valence-corrected chi connectivity index (χ0v) is 8.88. The van der Waals surface area contributed by atoms with Gasteiger partial charge < -0.3 is 19.2 Å². The molecule has 2 aromatic heterocycles. The van der Waals surface area contributed by atoms with Gasteiger partial charge in [-0.3, -0.25) is 0 Å². The molecular formula is C9H10N4O3. The van der Waals surface area contributed by atoms with Crippen molar-refractivity contribution < 1.29 is 9.45 Å². The number of nitro groups is 1. The fourth-order valence-corrected chi connectivity index (χ4v) is 1.44. The summed E-state index contributed by atoms with van der Waals surface area (Å²) in [5.74, 6) is 0.556. The summed E-state index contributed by atoms with van der Waals surface area (Å²) in [5.41, 5.74) is 1.71. The lowest BCUT2D eigenvalue weighted by atomic mass is 10.2. The predicted octanol–water partition coefficient (Wildman–Crippen LogP) is 1.44. The van der Waals surface area contributed by atoms with Crippen LogP contribution in [0.1, 0.15) is 17.0 Å². The molecule has 0 saturated heterocycles. The molecule has 0 aliphatic carbocycles. The minimum Gasteiger partial charge on any atom is -0.361 e. The number of nitrogens with zero attached hydrogens (tertiary/aromatic N) is 4.